The Morgan fingerprint density at radius 3 is 2.55 bits per heavy atom. The Labute approximate surface area is 66.8 Å². The number of carbonyl (C=O) groups excluding carboxylic acids is 1. The number of hydrogen-bond donors (Lipinski definition) is 2. The van der Waals surface area contributed by atoms with E-state index < -0.39 is 5.60 Å². The Balaban J connectivity index is 2.22. The lowest BCUT2D eigenvalue weighted by Gasteiger charge is -2.10. The maximum Gasteiger partial charge on any atom is 0.251 e. The molecule has 11 heavy (non-hydrogen) atoms. The van der Waals surface area contributed by atoms with Crippen molar-refractivity contribution in [3.8, 4) is 0 Å². The predicted molar refractivity (Wildman–Crippen MR) is 42.0 cm³/mol. The maximum absolute atomic E-state index is 11.1. The molecule has 0 aromatic carbocycles. The second-order valence-electron chi connectivity index (χ2n) is 3.64. The van der Waals surface area contributed by atoms with E-state index in [9.17, 15) is 9.90 Å². The van der Waals surface area contributed by atoms with Gasteiger partial charge in [-0.3, -0.25) is 4.79 Å². The van der Waals surface area contributed by atoms with Gasteiger partial charge in [-0.2, -0.15) is 0 Å². The topological polar surface area (TPSA) is 49.3 Å². The predicted octanol–water partition coefficient (Wildman–Crippen LogP) is 0.283. The van der Waals surface area contributed by atoms with Crippen molar-refractivity contribution in [3.05, 3.63) is 0 Å². The molecule has 1 saturated carbocycles. The molecule has 0 bridgehead atoms. The Kier molecular flexibility index (Phi) is 2.18. The standard InChI is InChI=1S/C8H15NO2/c1-6(2)5-9-7(10)8(11)3-4-8/h6,11H,3-5H2,1-2H3,(H,9,10). The Hall–Kier alpha value is -0.570. The van der Waals surface area contributed by atoms with Crippen LogP contribution in [0.25, 0.3) is 0 Å². The highest BCUT2D eigenvalue weighted by Gasteiger charge is 2.47. The summed E-state index contributed by atoms with van der Waals surface area (Å²) >= 11 is 0. The summed E-state index contributed by atoms with van der Waals surface area (Å²) in [5.41, 5.74) is -1.01. The van der Waals surface area contributed by atoms with Gasteiger partial charge in [-0.05, 0) is 18.8 Å². The van der Waals surface area contributed by atoms with Crippen molar-refractivity contribution in [3.63, 3.8) is 0 Å². The smallest absolute Gasteiger partial charge is 0.251 e. The van der Waals surface area contributed by atoms with Crippen molar-refractivity contribution in [2.24, 2.45) is 5.92 Å². The molecule has 0 unspecified atom stereocenters. The SMILES string of the molecule is CC(C)CNC(=O)C1(O)CC1. The van der Waals surface area contributed by atoms with Crippen molar-refractivity contribution in [1.29, 1.82) is 0 Å². The van der Waals surface area contributed by atoms with E-state index in [0.29, 0.717) is 25.3 Å². The molecule has 1 rings (SSSR count). The third-order valence-electron chi connectivity index (χ3n) is 1.82. The van der Waals surface area contributed by atoms with E-state index in [4.69, 9.17) is 0 Å². The van der Waals surface area contributed by atoms with E-state index in [1.165, 1.54) is 0 Å². The quantitative estimate of drug-likeness (QED) is 0.618. The van der Waals surface area contributed by atoms with Crippen LogP contribution in [-0.4, -0.2) is 23.2 Å². The molecule has 3 heteroatoms. The first-order chi connectivity index (χ1) is 5.04. The third-order valence-corrected chi connectivity index (χ3v) is 1.82. The molecule has 0 saturated heterocycles. The zero-order chi connectivity index (χ0) is 8.48. The van der Waals surface area contributed by atoms with Gasteiger partial charge in [0, 0.05) is 6.54 Å². The summed E-state index contributed by atoms with van der Waals surface area (Å²) in [7, 11) is 0. The fourth-order valence-electron chi connectivity index (χ4n) is 0.807. The highest BCUT2D eigenvalue weighted by atomic mass is 16.3. The van der Waals surface area contributed by atoms with E-state index >= 15 is 0 Å². The molecule has 1 aliphatic carbocycles. The number of hydrogen-bond acceptors (Lipinski definition) is 2. The summed E-state index contributed by atoms with van der Waals surface area (Å²) in [5.74, 6) is 0.243. The highest BCUT2D eigenvalue weighted by molar-refractivity contribution is 5.87. The number of aliphatic hydroxyl groups is 1. The van der Waals surface area contributed by atoms with Crippen LogP contribution in [0.2, 0.25) is 0 Å². The van der Waals surface area contributed by atoms with Crippen LogP contribution in [0.3, 0.4) is 0 Å². The summed E-state index contributed by atoms with van der Waals surface area (Å²) in [6, 6.07) is 0. The molecule has 3 nitrogen and oxygen atoms in total. The van der Waals surface area contributed by atoms with Gasteiger partial charge in [0.15, 0.2) is 0 Å². The average Bonchev–Trinajstić information content (AvgIpc) is 2.64. The Bertz CT molecular complexity index is 161. The van der Waals surface area contributed by atoms with Crippen molar-refractivity contribution >= 4 is 5.91 Å². The summed E-state index contributed by atoms with van der Waals surface area (Å²) in [6.07, 6.45) is 1.24. The van der Waals surface area contributed by atoms with Gasteiger partial charge in [-0.25, -0.2) is 0 Å². The molecule has 0 aromatic heterocycles. The number of amides is 1. The molecule has 1 fully saturated rings. The van der Waals surface area contributed by atoms with E-state index in [1.54, 1.807) is 0 Å². The molecule has 0 heterocycles. The lowest BCUT2D eigenvalue weighted by Crippen LogP contribution is -2.37. The first-order valence-electron chi connectivity index (χ1n) is 4.05. The fraction of sp³-hybridized carbons (Fsp3) is 0.875. The van der Waals surface area contributed by atoms with Crippen LogP contribution in [0.4, 0.5) is 0 Å². The number of rotatable bonds is 3. The van der Waals surface area contributed by atoms with Gasteiger partial charge in [0.05, 0.1) is 0 Å². The summed E-state index contributed by atoms with van der Waals surface area (Å²) in [6.45, 7) is 4.70. The minimum absolute atomic E-state index is 0.203. The van der Waals surface area contributed by atoms with Gasteiger partial charge >= 0.3 is 0 Å². The zero-order valence-electron chi connectivity index (χ0n) is 7.05. The van der Waals surface area contributed by atoms with Crippen LogP contribution in [0.5, 0.6) is 0 Å². The van der Waals surface area contributed by atoms with Crippen LogP contribution >= 0.6 is 0 Å². The van der Waals surface area contributed by atoms with Gasteiger partial charge in [0.1, 0.15) is 5.60 Å². The highest BCUT2D eigenvalue weighted by Crippen LogP contribution is 2.34. The molecule has 0 atom stereocenters. The second kappa shape index (κ2) is 2.81. The van der Waals surface area contributed by atoms with Gasteiger partial charge < -0.3 is 10.4 Å². The first-order valence-corrected chi connectivity index (χ1v) is 4.05. The largest absolute Gasteiger partial charge is 0.380 e. The van der Waals surface area contributed by atoms with E-state index in [2.05, 4.69) is 5.32 Å². The summed E-state index contributed by atoms with van der Waals surface area (Å²) < 4.78 is 0. The van der Waals surface area contributed by atoms with Crippen molar-refractivity contribution in [1.82, 2.24) is 5.32 Å². The van der Waals surface area contributed by atoms with Gasteiger partial charge in [0.25, 0.3) is 5.91 Å². The van der Waals surface area contributed by atoms with Gasteiger partial charge in [0.2, 0.25) is 0 Å². The normalized spacial score (nSPS) is 20.0. The molecule has 0 spiro atoms. The molecule has 64 valence electrons. The van der Waals surface area contributed by atoms with Crippen LogP contribution in [0.1, 0.15) is 26.7 Å². The molecule has 0 aromatic rings. The molecule has 0 radical (unpaired) electrons. The monoisotopic (exact) mass is 157 g/mol. The van der Waals surface area contributed by atoms with Crippen LogP contribution in [-0.2, 0) is 4.79 Å². The molecular weight excluding hydrogens is 142 g/mol. The molecule has 1 amide bonds. The minimum Gasteiger partial charge on any atom is -0.380 e. The average molecular weight is 157 g/mol. The maximum atomic E-state index is 11.1. The second-order valence-corrected chi connectivity index (χ2v) is 3.64. The van der Waals surface area contributed by atoms with Gasteiger partial charge in [-0.1, -0.05) is 13.8 Å². The van der Waals surface area contributed by atoms with Crippen molar-refractivity contribution in [2.45, 2.75) is 32.3 Å². The number of nitrogens with one attached hydrogen (secondary N) is 1. The lowest BCUT2D eigenvalue weighted by molar-refractivity contribution is -0.131. The molecule has 2 N–H and O–H groups in total. The zero-order valence-corrected chi connectivity index (χ0v) is 7.05. The summed E-state index contributed by atoms with van der Waals surface area (Å²) in [4.78, 5) is 11.1. The van der Waals surface area contributed by atoms with Crippen LogP contribution in [0.15, 0.2) is 0 Å². The first kappa shape index (κ1) is 8.53. The molecular formula is C8H15NO2. The van der Waals surface area contributed by atoms with Crippen LogP contribution in [0, 0.1) is 5.92 Å². The van der Waals surface area contributed by atoms with E-state index in [1.807, 2.05) is 13.8 Å². The molecule has 1 aliphatic rings. The van der Waals surface area contributed by atoms with E-state index in [0.717, 1.165) is 0 Å². The van der Waals surface area contributed by atoms with Crippen molar-refractivity contribution < 1.29 is 9.90 Å². The number of carbonyl (C=O) groups is 1. The fourth-order valence-corrected chi connectivity index (χ4v) is 0.807. The Morgan fingerprint density at radius 1 is 1.64 bits per heavy atom. The molecule has 0 aliphatic heterocycles. The Morgan fingerprint density at radius 2 is 2.18 bits per heavy atom. The lowest BCUT2D eigenvalue weighted by atomic mass is 10.2. The third kappa shape index (κ3) is 2.19. The van der Waals surface area contributed by atoms with Crippen LogP contribution < -0.4 is 5.32 Å². The van der Waals surface area contributed by atoms with E-state index in [-0.39, 0.29) is 5.91 Å². The van der Waals surface area contributed by atoms with Gasteiger partial charge in [-0.15, -0.1) is 0 Å². The minimum atomic E-state index is -1.01. The summed E-state index contributed by atoms with van der Waals surface area (Å²) in [5, 5.41) is 12.0. The van der Waals surface area contributed by atoms with Crippen molar-refractivity contribution in [2.75, 3.05) is 6.54 Å².